The van der Waals surface area contributed by atoms with E-state index in [1.165, 1.54) is 6.20 Å². The number of nitrogen functional groups attached to an aromatic ring is 1. The largest absolute Gasteiger partial charge is 0.383 e. The number of hydrogen-bond acceptors (Lipinski definition) is 5. The zero-order chi connectivity index (χ0) is 12.0. The Morgan fingerprint density at radius 2 is 2.18 bits per heavy atom. The number of halogens is 1. The third kappa shape index (κ3) is 1.55. The standard InChI is InChI=1S/C11H8ClN3O2/c12-10(16)8-1-5-6-3-17-4-7(6)11(13)15-9(5)2-14-8/h1-2H,3-4H2,(H2,13,15). The Morgan fingerprint density at radius 3 is 2.94 bits per heavy atom. The van der Waals surface area contributed by atoms with E-state index in [0.29, 0.717) is 24.5 Å². The van der Waals surface area contributed by atoms with E-state index in [9.17, 15) is 4.79 Å². The molecule has 2 aromatic rings. The lowest BCUT2D eigenvalue weighted by Crippen LogP contribution is -2.01. The number of rotatable bonds is 1. The summed E-state index contributed by atoms with van der Waals surface area (Å²) in [6.07, 6.45) is 1.50. The van der Waals surface area contributed by atoms with Crippen LogP contribution < -0.4 is 5.73 Å². The minimum Gasteiger partial charge on any atom is -0.383 e. The summed E-state index contributed by atoms with van der Waals surface area (Å²) in [5, 5.41) is 0.238. The van der Waals surface area contributed by atoms with Gasteiger partial charge in [0.2, 0.25) is 0 Å². The zero-order valence-electron chi connectivity index (χ0n) is 8.74. The minimum absolute atomic E-state index is 0.208. The van der Waals surface area contributed by atoms with Crippen molar-refractivity contribution < 1.29 is 9.53 Å². The van der Waals surface area contributed by atoms with Crippen LogP contribution in [0.5, 0.6) is 0 Å². The lowest BCUT2D eigenvalue weighted by atomic mass is 10.1. The number of anilines is 1. The smallest absolute Gasteiger partial charge is 0.270 e. The summed E-state index contributed by atoms with van der Waals surface area (Å²) in [6.45, 7) is 0.926. The van der Waals surface area contributed by atoms with Gasteiger partial charge in [-0.25, -0.2) is 9.97 Å². The number of pyridine rings is 2. The van der Waals surface area contributed by atoms with Crippen LogP contribution >= 0.6 is 11.6 Å². The van der Waals surface area contributed by atoms with Crippen molar-refractivity contribution in [2.45, 2.75) is 13.2 Å². The first-order chi connectivity index (χ1) is 8.16. The van der Waals surface area contributed by atoms with Crippen LogP contribution in [0.25, 0.3) is 10.9 Å². The van der Waals surface area contributed by atoms with Gasteiger partial charge < -0.3 is 10.5 Å². The zero-order valence-corrected chi connectivity index (χ0v) is 9.49. The topological polar surface area (TPSA) is 78.1 Å². The SMILES string of the molecule is Nc1nc2cnc(C(=O)Cl)cc2c2c1COC2. The van der Waals surface area contributed by atoms with Crippen LogP contribution in [0.1, 0.15) is 21.6 Å². The molecule has 3 heterocycles. The molecule has 3 rings (SSSR count). The summed E-state index contributed by atoms with van der Waals surface area (Å²) >= 11 is 5.41. The second kappa shape index (κ2) is 3.65. The molecule has 0 saturated carbocycles. The van der Waals surface area contributed by atoms with Gasteiger partial charge in [0.1, 0.15) is 11.5 Å². The molecule has 0 saturated heterocycles. The minimum atomic E-state index is -0.587. The predicted molar refractivity (Wildman–Crippen MR) is 62.6 cm³/mol. The van der Waals surface area contributed by atoms with Gasteiger partial charge in [-0.15, -0.1) is 0 Å². The molecule has 0 amide bonds. The second-order valence-corrected chi connectivity index (χ2v) is 4.15. The predicted octanol–water partition coefficient (Wildman–Crippen LogP) is 1.62. The lowest BCUT2D eigenvalue weighted by Gasteiger charge is -2.06. The number of hydrogen-bond donors (Lipinski definition) is 1. The Morgan fingerprint density at radius 1 is 1.41 bits per heavy atom. The van der Waals surface area contributed by atoms with Gasteiger partial charge >= 0.3 is 0 Å². The maximum atomic E-state index is 11.1. The molecule has 2 aromatic heterocycles. The number of fused-ring (bicyclic) bond motifs is 3. The summed E-state index contributed by atoms with van der Waals surface area (Å²) in [5.74, 6) is 0.455. The summed E-state index contributed by atoms with van der Waals surface area (Å²) in [5.41, 5.74) is 8.53. The molecule has 17 heavy (non-hydrogen) atoms. The highest BCUT2D eigenvalue weighted by Gasteiger charge is 2.20. The maximum Gasteiger partial charge on any atom is 0.270 e. The highest BCUT2D eigenvalue weighted by molar-refractivity contribution is 6.67. The molecule has 0 aliphatic carbocycles. The van der Waals surface area contributed by atoms with Crippen molar-refractivity contribution in [3.8, 4) is 0 Å². The van der Waals surface area contributed by atoms with E-state index in [-0.39, 0.29) is 5.69 Å². The molecule has 5 nitrogen and oxygen atoms in total. The molecule has 86 valence electrons. The highest BCUT2D eigenvalue weighted by Crippen LogP contribution is 2.31. The van der Waals surface area contributed by atoms with Crippen molar-refractivity contribution in [2.24, 2.45) is 0 Å². The van der Waals surface area contributed by atoms with Crippen molar-refractivity contribution in [1.29, 1.82) is 0 Å². The van der Waals surface area contributed by atoms with Crippen LogP contribution in [-0.4, -0.2) is 15.2 Å². The number of aromatic nitrogens is 2. The summed E-state index contributed by atoms with van der Waals surface area (Å²) in [6, 6.07) is 1.63. The van der Waals surface area contributed by atoms with Crippen molar-refractivity contribution in [2.75, 3.05) is 5.73 Å². The third-order valence-electron chi connectivity index (χ3n) is 2.82. The second-order valence-electron chi connectivity index (χ2n) is 3.81. The molecular formula is C11H8ClN3O2. The molecular weight excluding hydrogens is 242 g/mol. The molecule has 0 unspecified atom stereocenters. The Labute approximate surface area is 102 Å². The van der Waals surface area contributed by atoms with Crippen molar-refractivity contribution in [1.82, 2.24) is 9.97 Å². The third-order valence-corrected chi connectivity index (χ3v) is 3.01. The van der Waals surface area contributed by atoms with E-state index in [0.717, 1.165) is 16.5 Å². The number of nitrogens with zero attached hydrogens (tertiary/aromatic N) is 2. The Hall–Kier alpha value is -1.72. The van der Waals surface area contributed by atoms with Crippen LogP contribution in [0.2, 0.25) is 0 Å². The van der Waals surface area contributed by atoms with Gasteiger partial charge in [0, 0.05) is 10.9 Å². The fourth-order valence-corrected chi connectivity index (χ4v) is 2.09. The highest BCUT2D eigenvalue weighted by atomic mass is 35.5. The van der Waals surface area contributed by atoms with Crippen molar-refractivity contribution in [3.63, 3.8) is 0 Å². The first kappa shape index (κ1) is 10.4. The normalized spacial score (nSPS) is 13.9. The number of ether oxygens (including phenoxy) is 1. The Bertz CT molecular complexity index is 642. The molecule has 6 heteroatoms. The van der Waals surface area contributed by atoms with Crippen molar-refractivity contribution >= 4 is 33.6 Å². The molecule has 0 bridgehead atoms. The Kier molecular flexibility index (Phi) is 2.24. The van der Waals surface area contributed by atoms with Gasteiger partial charge in [-0.1, -0.05) is 0 Å². The molecule has 0 radical (unpaired) electrons. The van der Waals surface area contributed by atoms with Crippen molar-refractivity contribution in [3.05, 3.63) is 29.1 Å². The number of nitrogens with two attached hydrogens (primary N) is 1. The van der Waals surface area contributed by atoms with Gasteiger partial charge in [0.15, 0.2) is 0 Å². The first-order valence-corrected chi connectivity index (χ1v) is 5.39. The molecule has 1 aliphatic rings. The van der Waals surface area contributed by atoms with Crippen LogP contribution in [0, 0.1) is 0 Å². The first-order valence-electron chi connectivity index (χ1n) is 5.01. The van der Waals surface area contributed by atoms with E-state index >= 15 is 0 Å². The molecule has 0 fully saturated rings. The molecule has 1 aliphatic heterocycles. The van der Waals surface area contributed by atoms with Gasteiger partial charge in [-0.3, -0.25) is 4.79 Å². The molecule has 0 atom stereocenters. The number of carbonyl (C=O) groups is 1. The Balaban J connectivity index is 2.35. The van der Waals surface area contributed by atoms with E-state index < -0.39 is 5.24 Å². The quantitative estimate of drug-likeness (QED) is 0.777. The fourth-order valence-electron chi connectivity index (χ4n) is 1.98. The van der Waals surface area contributed by atoms with Gasteiger partial charge in [0.25, 0.3) is 5.24 Å². The maximum absolute atomic E-state index is 11.1. The average Bonchev–Trinajstić information content (AvgIpc) is 2.78. The van der Waals surface area contributed by atoms with Crippen LogP contribution in [0.4, 0.5) is 5.82 Å². The van der Waals surface area contributed by atoms with E-state index in [2.05, 4.69) is 9.97 Å². The van der Waals surface area contributed by atoms with Crippen LogP contribution in [0.15, 0.2) is 12.3 Å². The van der Waals surface area contributed by atoms with Crippen LogP contribution in [-0.2, 0) is 18.0 Å². The fraction of sp³-hybridized carbons (Fsp3) is 0.182. The van der Waals surface area contributed by atoms with Gasteiger partial charge in [-0.05, 0) is 23.2 Å². The average molecular weight is 250 g/mol. The van der Waals surface area contributed by atoms with E-state index in [4.69, 9.17) is 22.1 Å². The monoisotopic (exact) mass is 249 g/mol. The summed E-state index contributed by atoms with van der Waals surface area (Å²) < 4.78 is 5.35. The summed E-state index contributed by atoms with van der Waals surface area (Å²) in [4.78, 5) is 19.2. The molecule has 0 aromatic carbocycles. The summed E-state index contributed by atoms with van der Waals surface area (Å²) in [7, 11) is 0. The van der Waals surface area contributed by atoms with Gasteiger partial charge in [-0.2, -0.15) is 0 Å². The lowest BCUT2D eigenvalue weighted by molar-refractivity contribution is 0.107. The molecule has 2 N–H and O–H groups in total. The van der Waals surface area contributed by atoms with Gasteiger partial charge in [0.05, 0.1) is 24.9 Å². The van der Waals surface area contributed by atoms with Crippen LogP contribution in [0.3, 0.4) is 0 Å². The van der Waals surface area contributed by atoms with E-state index in [1.54, 1.807) is 6.07 Å². The number of carbonyl (C=O) groups excluding carboxylic acids is 1. The van der Waals surface area contributed by atoms with E-state index in [1.807, 2.05) is 0 Å². The molecule has 0 spiro atoms.